The predicted molar refractivity (Wildman–Crippen MR) is 31.2 cm³/mol. The zero-order valence-corrected chi connectivity index (χ0v) is 5.33. The van der Waals surface area contributed by atoms with Crippen molar-refractivity contribution in [3.8, 4) is 0 Å². The summed E-state index contributed by atoms with van der Waals surface area (Å²) in [5, 5.41) is 8.46. The van der Waals surface area contributed by atoms with Gasteiger partial charge in [0, 0.05) is 6.61 Å². The van der Waals surface area contributed by atoms with Crippen molar-refractivity contribution in [3.63, 3.8) is 0 Å². The predicted octanol–water partition coefficient (Wildman–Crippen LogP) is 0.496. The van der Waals surface area contributed by atoms with Crippen LogP contribution in [0.4, 0.5) is 0 Å². The standard InChI is InChI=1S/C6H10O3/c1-4-2-3-9-5(4)6(7)8/h4-5H,2-3H2,1H3,(H,7,8)/t4?,5-/m0/s1. The molecule has 1 heterocycles. The highest BCUT2D eigenvalue weighted by atomic mass is 16.5. The molecule has 0 bridgehead atoms. The average molecular weight is 130 g/mol. The van der Waals surface area contributed by atoms with Gasteiger partial charge in [-0.2, -0.15) is 0 Å². The molecular formula is C6H10O3. The van der Waals surface area contributed by atoms with Gasteiger partial charge in [0.25, 0.3) is 0 Å². The van der Waals surface area contributed by atoms with E-state index in [1.54, 1.807) is 0 Å². The lowest BCUT2D eigenvalue weighted by atomic mass is 10.1. The van der Waals surface area contributed by atoms with Crippen molar-refractivity contribution in [1.29, 1.82) is 0 Å². The Balaban J connectivity index is 2.49. The summed E-state index contributed by atoms with van der Waals surface area (Å²) in [6.45, 7) is 2.49. The molecule has 1 N–H and O–H groups in total. The first-order valence-corrected chi connectivity index (χ1v) is 3.06. The molecule has 0 aliphatic carbocycles. The monoisotopic (exact) mass is 130 g/mol. The van der Waals surface area contributed by atoms with E-state index in [1.165, 1.54) is 0 Å². The molecule has 1 saturated heterocycles. The van der Waals surface area contributed by atoms with Crippen LogP contribution in [0.5, 0.6) is 0 Å². The number of hydrogen-bond acceptors (Lipinski definition) is 2. The van der Waals surface area contributed by atoms with E-state index >= 15 is 0 Å². The lowest BCUT2D eigenvalue weighted by Gasteiger charge is -2.06. The minimum atomic E-state index is -0.833. The summed E-state index contributed by atoms with van der Waals surface area (Å²) < 4.78 is 4.93. The van der Waals surface area contributed by atoms with Gasteiger partial charge < -0.3 is 9.84 Å². The quantitative estimate of drug-likeness (QED) is 0.562. The van der Waals surface area contributed by atoms with E-state index in [2.05, 4.69) is 0 Å². The van der Waals surface area contributed by atoms with Gasteiger partial charge in [0.05, 0.1) is 0 Å². The summed E-state index contributed by atoms with van der Waals surface area (Å²) in [5.41, 5.74) is 0. The first kappa shape index (κ1) is 6.55. The number of hydrogen-bond donors (Lipinski definition) is 1. The molecule has 1 unspecified atom stereocenters. The molecule has 9 heavy (non-hydrogen) atoms. The number of carboxylic acid groups (broad SMARTS) is 1. The van der Waals surface area contributed by atoms with Crippen molar-refractivity contribution in [3.05, 3.63) is 0 Å². The SMILES string of the molecule is CC1CCO[C@@H]1C(=O)O. The minimum Gasteiger partial charge on any atom is -0.479 e. The van der Waals surface area contributed by atoms with Gasteiger partial charge in [-0.15, -0.1) is 0 Å². The smallest absolute Gasteiger partial charge is 0.333 e. The van der Waals surface area contributed by atoms with Crippen LogP contribution in [0.25, 0.3) is 0 Å². The third-order valence-corrected chi connectivity index (χ3v) is 1.63. The van der Waals surface area contributed by atoms with E-state index in [-0.39, 0.29) is 5.92 Å². The van der Waals surface area contributed by atoms with Gasteiger partial charge in [-0.05, 0) is 12.3 Å². The van der Waals surface area contributed by atoms with Crippen molar-refractivity contribution in [2.45, 2.75) is 19.4 Å². The molecule has 0 aromatic carbocycles. The highest BCUT2D eigenvalue weighted by Gasteiger charge is 2.30. The topological polar surface area (TPSA) is 46.5 Å². The van der Waals surface area contributed by atoms with E-state index in [0.29, 0.717) is 6.61 Å². The van der Waals surface area contributed by atoms with E-state index < -0.39 is 12.1 Å². The first-order valence-electron chi connectivity index (χ1n) is 3.06. The Bertz CT molecular complexity index is 121. The summed E-state index contributed by atoms with van der Waals surface area (Å²) in [5.74, 6) is -0.650. The van der Waals surface area contributed by atoms with Crippen LogP contribution < -0.4 is 0 Å². The molecule has 2 atom stereocenters. The Kier molecular flexibility index (Phi) is 1.71. The van der Waals surface area contributed by atoms with Crippen LogP contribution in [-0.4, -0.2) is 23.8 Å². The molecule has 0 amide bonds. The van der Waals surface area contributed by atoms with Gasteiger partial charge >= 0.3 is 5.97 Å². The normalized spacial score (nSPS) is 34.8. The molecule has 52 valence electrons. The summed E-state index contributed by atoms with van der Waals surface area (Å²) >= 11 is 0. The summed E-state index contributed by atoms with van der Waals surface area (Å²) in [6, 6.07) is 0. The van der Waals surface area contributed by atoms with E-state index in [1.807, 2.05) is 6.92 Å². The van der Waals surface area contributed by atoms with Crippen LogP contribution in [0, 0.1) is 5.92 Å². The molecule has 0 radical (unpaired) electrons. The second-order valence-electron chi connectivity index (χ2n) is 2.40. The zero-order chi connectivity index (χ0) is 6.85. The van der Waals surface area contributed by atoms with Crippen LogP contribution in [0.15, 0.2) is 0 Å². The van der Waals surface area contributed by atoms with Crippen LogP contribution in [0.1, 0.15) is 13.3 Å². The van der Waals surface area contributed by atoms with Crippen molar-refractivity contribution in [1.82, 2.24) is 0 Å². The molecule has 1 aliphatic rings. The maximum atomic E-state index is 10.3. The van der Waals surface area contributed by atoms with E-state index in [0.717, 1.165) is 6.42 Å². The number of carboxylic acids is 1. The third-order valence-electron chi connectivity index (χ3n) is 1.63. The number of aliphatic carboxylic acids is 1. The van der Waals surface area contributed by atoms with Gasteiger partial charge in [-0.3, -0.25) is 0 Å². The lowest BCUT2D eigenvalue weighted by molar-refractivity contribution is -0.148. The second kappa shape index (κ2) is 2.35. The van der Waals surface area contributed by atoms with Crippen LogP contribution in [0.2, 0.25) is 0 Å². The average Bonchev–Trinajstić information content (AvgIpc) is 2.13. The molecule has 3 heteroatoms. The van der Waals surface area contributed by atoms with Crippen molar-refractivity contribution >= 4 is 5.97 Å². The van der Waals surface area contributed by atoms with Crippen molar-refractivity contribution in [2.75, 3.05) is 6.61 Å². The Morgan fingerprint density at radius 1 is 1.78 bits per heavy atom. The lowest BCUT2D eigenvalue weighted by Crippen LogP contribution is -2.24. The van der Waals surface area contributed by atoms with E-state index in [9.17, 15) is 4.79 Å². The first-order chi connectivity index (χ1) is 4.22. The largest absolute Gasteiger partial charge is 0.479 e. The van der Waals surface area contributed by atoms with Crippen molar-refractivity contribution < 1.29 is 14.6 Å². The molecule has 3 nitrogen and oxygen atoms in total. The van der Waals surface area contributed by atoms with Crippen LogP contribution in [0.3, 0.4) is 0 Å². The highest BCUT2D eigenvalue weighted by Crippen LogP contribution is 2.19. The number of ether oxygens (including phenoxy) is 1. The summed E-state index contributed by atoms with van der Waals surface area (Å²) in [4.78, 5) is 10.3. The highest BCUT2D eigenvalue weighted by molar-refractivity contribution is 5.72. The molecule has 1 rings (SSSR count). The van der Waals surface area contributed by atoms with Crippen LogP contribution in [-0.2, 0) is 9.53 Å². The summed E-state index contributed by atoms with van der Waals surface area (Å²) in [6.07, 6.45) is 0.321. The van der Waals surface area contributed by atoms with E-state index in [4.69, 9.17) is 9.84 Å². The minimum absolute atomic E-state index is 0.183. The molecule has 1 fully saturated rings. The fourth-order valence-electron chi connectivity index (χ4n) is 1.01. The maximum Gasteiger partial charge on any atom is 0.333 e. The van der Waals surface area contributed by atoms with Gasteiger partial charge in [-0.1, -0.05) is 6.92 Å². The fourth-order valence-corrected chi connectivity index (χ4v) is 1.01. The van der Waals surface area contributed by atoms with Gasteiger partial charge in [-0.25, -0.2) is 4.79 Å². The zero-order valence-electron chi connectivity index (χ0n) is 5.33. The molecule has 1 aliphatic heterocycles. The Labute approximate surface area is 53.6 Å². The van der Waals surface area contributed by atoms with Gasteiger partial charge in [0.15, 0.2) is 6.10 Å². The van der Waals surface area contributed by atoms with Gasteiger partial charge in [0.1, 0.15) is 0 Å². The Morgan fingerprint density at radius 3 is 2.67 bits per heavy atom. The maximum absolute atomic E-state index is 10.3. The summed E-state index contributed by atoms with van der Waals surface area (Å²) in [7, 11) is 0. The van der Waals surface area contributed by atoms with Crippen molar-refractivity contribution in [2.24, 2.45) is 5.92 Å². The third kappa shape index (κ3) is 1.21. The fraction of sp³-hybridized carbons (Fsp3) is 0.833. The number of carbonyl (C=O) groups is 1. The molecular weight excluding hydrogens is 120 g/mol. The number of rotatable bonds is 1. The van der Waals surface area contributed by atoms with Crippen LogP contribution >= 0.6 is 0 Å². The Morgan fingerprint density at radius 2 is 2.44 bits per heavy atom. The Hall–Kier alpha value is -0.570. The molecule has 0 aromatic rings. The second-order valence-corrected chi connectivity index (χ2v) is 2.40. The molecule has 0 saturated carbocycles. The molecule has 0 aromatic heterocycles. The van der Waals surface area contributed by atoms with Gasteiger partial charge in [0.2, 0.25) is 0 Å². The molecule has 0 spiro atoms.